The number of carbonyl (C=O) groups excluding carboxylic acids is 2. The molecule has 0 aromatic heterocycles. The normalized spacial score (nSPS) is 20.3. The fraction of sp³-hybridized carbons (Fsp3) is 0.548. The largest absolute Gasteiger partial charge is 0.493 e. The first-order valence-corrected chi connectivity index (χ1v) is 14.3. The van der Waals surface area contributed by atoms with Gasteiger partial charge in [-0.05, 0) is 66.8 Å². The second-order valence-corrected chi connectivity index (χ2v) is 10.5. The number of hydrogen-bond acceptors (Lipinski definition) is 5. The Hall–Kier alpha value is -2.97. The predicted molar refractivity (Wildman–Crippen MR) is 151 cm³/mol. The molecule has 0 aliphatic carbocycles. The van der Waals surface area contributed by atoms with E-state index in [4.69, 9.17) is 4.74 Å². The van der Waals surface area contributed by atoms with E-state index in [2.05, 4.69) is 41.9 Å². The van der Waals surface area contributed by atoms with E-state index in [0.29, 0.717) is 37.4 Å². The molecule has 7 nitrogen and oxygen atoms in total. The Kier molecular flexibility index (Phi) is 12.7. The lowest BCUT2D eigenvalue weighted by molar-refractivity contribution is -0.123. The Labute approximate surface area is 231 Å². The molecule has 0 saturated carbocycles. The van der Waals surface area contributed by atoms with Crippen LogP contribution in [0.4, 0.5) is 4.39 Å². The van der Waals surface area contributed by atoms with Crippen LogP contribution in [0, 0.1) is 11.7 Å². The minimum absolute atomic E-state index is 0.0788. The summed E-state index contributed by atoms with van der Waals surface area (Å²) in [6, 6.07) is 12.2. The fourth-order valence-electron chi connectivity index (χ4n) is 4.95. The fourth-order valence-corrected chi connectivity index (χ4v) is 4.95. The van der Waals surface area contributed by atoms with Gasteiger partial charge in [0.05, 0.1) is 18.8 Å². The number of amides is 2. The molecule has 2 aromatic carbocycles. The van der Waals surface area contributed by atoms with Crippen LogP contribution >= 0.6 is 0 Å². The number of halogens is 1. The molecule has 0 spiro atoms. The zero-order chi connectivity index (χ0) is 28.0. The lowest BCUT2D eigenvalue weighted by atomic mass is 9.99. The summed E-state index contributed by atoms with van der Waals surface area (Å²) in [5.41, 5.74) is 3.00. The molecule has 2 aromatic rings. The molecule has 3 rings (SSSR count). The highest BCUT2D eigenvalue weighted by atomic mass is 19.1. The van der Waals surface area contributed by atoms with E-state index >= 15 is 0 Å². The van der Waals surface area contributed by atoms with E-state index in [1.54, 1.807) is 6.07 Å². The van der Waals surface area contributed by atoms with Gasteiger partial charge in [0.25, 0.3) is 0 Å². The molecule has 1 aliphatic rings. The number of fused-ring (bicyclic) bond motifs is 2. The number of ether oxygens (including phenoxy) is 1. The molecule has 2 bridgehead atoms. The van der Waals surface area contributed by atoms with Gasteiger partial charge < -0.3 is 25.8 Å². The number of hydrogen-bond donors (Lipinski definition) is 4. The molecule has 39 heavy (non-hydrogen) atoms. The molecule has 8 heteroatoms. The van der Waals surface area contributed by atoms with Crippen LogP contribution in [0.15, 0.2) is 42.5 Å². The molecule has 1 heterocycles. The average Bonchev–Trinajstić information content (AvgIpc) is 2.90. The Morgan fingerprint density at radius 2 is 1.90 bits per heavy atom. The van der Waals surface area contributed by atoms with Gasteiger partial charge in [0.2, 0.25) is 11.8 Å². The van der Waals surface area contributed by atoms with E-state index in [9.17, 15) is 19.1 Å². The van der Waals surface area contributed by atoms with Gasteiger partial charge in [-0.2, -0.15) is 0 Å². The van der Waals surface area contributed by atoms with Gasteiger partial charge in [0.1, 0.15) is 11.6 Å². The number of aliphatic hydroxyl groups excluding tert-OH is 1. The summed E-state index contributed by atoms with van der Waals surface area (Å²) >= 11 is 0. The number of carbonyl (C=O) groups is 2. The van der Waals surface area contributed by atoms with Crippen LogP contribution in [0.1, 0.15) is 69.1 Å². The average molecular weight is 542 g/mol. The van der Waals surface area contributed by atoms with Gasteiger partial charge in [0.15, 0.2) is 0 Å². The van der Waals surface area contributed by atoms with Crippen molar-refractivity contribution < 1.29 is 23.8 Å². The van der Waals surface area contributed by atoms with Crippen molar-refractivity contribution in [3.63, 3.8) is 0 Å². The number of rotatable bonds is 8. The monoisotopic (exact) mass is 541 g/mol. The number of aliphatic hydroxyl groups is 1. The van der Waals surface area contributed by atoms with Crippen LogP contribution in [0.5, 0.6) is 5.75 Å². The summed E-state index contributed by atoms with van der Waals surface area (Å²) < 4.78 is 20.5. The Morgan fingerprint density at radius 1 is 1.10 bits per heavy atom. The topological polar surface area (TPSA) is 99.7 Å². The van der Waals surface area contributed by atoms with Gasteiger partial charge >= 0.3 is 0 Å². The van der Waals surface area contributed by atoms with Crippen molar-refractivity contribution in [2.24, 2.45) is 5.92 Å². The maximum Gasteiger partial charge on any atom is 0.220 e. The number of aryl methyl sites for hydroxylation is 1. The van der Waals surface area contributed by atoms with Crippen molar-refractivity contribution in [1.82, 2.24) is 16.0 Å². The minimum Gasteiger partial charge on any atom is -0.493 e. The van der Waals surface area contributed by atoms with Gasteiger partial charge in [-0.25, -0.2) is 4.39 Å². The van der Waals surface area contributed by atoms with Crippen molar-refractivity contribution >= 4 is 11.8 Å². The van der Waals surface area contributed by atoms with Gasteiger partial charge in [-0.15, -0.1) is 0 Å². The molecule has 2 amide bonds. The third-order valence-electron chi connectivity index (χ3n) is 7.14. The van der Waals surface area contributed by atoms with Crippen LogP contribution in [0.2, 0.25) is 0 Å². The maximum absolute atomic E-state index is 14.6. The van der Waals surface area contributed by atoms with E-state index in [1.807, 2.05) is 12.1 Å². The summed E-state index contributed by atoms with van der Waals surface area (Å²) in [6.45, 7) is 6.01. The van der Waals surface area contributed by atoms with E-state index < -0.39 is 18.0 Å². The summed E-state index contributed by atoms with van der Waals surface area (Å²) in [4.78, 5) is 25.0. The molecule has 214 valence electrons. The van der Waals surface area contributed by atoms with Gasteiger partial charge in [0, 0.05) is 38.5 Å². The van der Waals surface area contributed by atoms with Crippen LogP contribution in [0.25, 0.3) is 0 Å². The van der Waals surface area contributed by atoms with Gasteiger partial charge in [-0.1, -0.05) is 44.5 Å². The highest BCUT2D eigenvalue weighted by Crippen LogP contribution is 2.21. The van der Waals surface area contributed by atoms with Crippen molar-refractivity contribution in [2.45, 2.75) is 83.9 Å². The molecular formula is C31H44FN3O4. The first-order valence-electron chi connectivity index (χ1n) is 14.3. The third kappa shape index (κ3) is 11.0. The summed E-state index contributed by atoms with van der Waals surface area (Å²) in [6.07, 6.45) is 3.84. The Morgan fingerprint density at radius 3 is 2.69 bits per heavy atom. The van der Waals surface area contributed by atoms with E-state index in [0.717, 1.165) is 31.2 Å². The molecule has 1 aliphatic heterocycles. The Bertz CT molecular complexity index is 1060. The molecule has 0 fully saturated rings. The van der Waals surface area contributed by atoms with Crippen molar-refractivity contribution in [3.8, 4) is 5.75 Å². The van der Waals surface area contributed by atoms with E-state index in [-0.39, 0.29) is 43.5 Å². The van der Waals surface area contributed by atoms with Crippen molar-refractivity contribution in [2.75, 3.05) is 19.7 Å². The smallest absolute Gasteiger partial charge is 0.220 e. The first-order chi connectivity index (χ1) is 18.9. The van der Waals surface area contributed by atoms with Crippen LogP contribution < -0.4 is 20.7 Å². The number of nitrogens with one attached hydrogen (secondary N) is 3. The minimum atomic E-state index is -0.907. The predicted octanol–water partition coefficient (Wildman–Crippen LogP) is 4.05. The SMILES string of the molecule is CCCC1CCNC(=O)CCCC(=O)N[C@H]([C@H](O)CNCc2cccc(CC)c2)Cc2cc(F)cc(c2)OC1. The second kappa shape index (κ2) is 16.2. The molecular weight excluding hydrogens is 497 g/mol. The molecule has 0 saturated heterocycles. The lowest BCUT2D eigenvalue weighted by Gasteiger charge is -2.25. The maximum atomic E-state index is 14.6. The van der Waals surface area contributed by atoms with E-state index in [1.165, 1.54) is 17.7 Å². The summed E-state index contributed by atoms with van der Waals surface area (Å²) in [5.74, 6) is -0.0894. The van der Waals surface area contributed by atoms with Crippen molar-refractivity contribution in [3.05, 3.63) is 65.0 Å². The second-order valence-electron chi connectivity index (χ2n) is 10.5. The standard InChI is InChI=1S/C31H44FN3O4/c1-3-7-23-12-13-34-30(37)10-6-11-31(38)35-28(17-25-15-26(32)18-27(16-25)39-21-23)29(36)20-33-19-24-9-5-8-22(4-2)14-24/h5,8-9,14-16,18,23,28-29,33,36H,3-4,6-7,10-13,17,19-21H2,1-2H3,(H,34,37)(H,35,38)/t23?,28-,29+/m0/s1. The van der Waals surface area contributed by atoms with Crippen LogP contribution in [-0.2, 0) is 29.0 Å². The molecule has 4 N–H and O–H groups in total. The first kappa shape index (κ1) is 30.6. The molecule has 3 atom stereocenters. The zero-order valence-corrected chi connectivity index (χ0v) is 23.3. The molecule has 0 radical (unpaired) electrons. The highest BCUT2D eigenvalue weighted by Gasteiger charge is 2.23. The zero-order valence-electron chi connectivity index (χ0n) is 23.3. The highest BCUT2D eigenvalue weighted by molar-refractivity contribution is 5.79. The third-order valence-corrected chi connectivity index (χ3v) is 7.14. The van der Waals surface area contributed by atoms with Crippen molar-refractivity contribution in [1.29, 1.82) is 0 Å². The van der Waals surface area contributed by atoms with Crippen LogP contribution in [-0.4, -0.2) is 48.8 Å². The van der Waals surface area contributed by atoms with Crippen LogP contribution in [0.3, 0.4) is 0 Å². The number of benzene rings is 2. The summed E-state index contributed by atoms with van der Waals surface area (Å²) in [7, 11) is 0. The quantitative estimate of drug-likeness (QED) is 0.404. The van der Waals surface area contributed by atoms with Gasteiger partial charge in [-0.3, -0.25) is 9.59 Å². The summed E-state index contributed by atoms with van der Waals surface area (Å²) in [5, 5.41) is 20.2. The Balaban J connectivity index is 1.73. The lowest BCUT2D eigenvalue weighted by Crippen LogP contribution is -2.48. The molecule has 1 unspecified atom stereocenters.